The second-order valence-corrected chi connectivity index (χ2v) is 7.65. The molecule has 0 spiro atoms. The van der Waals surface area contributed by atoms with E-state index in [-0.39, 0.29) is 17.9 Å². The highest BCUT2D eigenvalue weighted by molar-refractivity contribution is 7.10. The fraction of sp³-hybridized carbons (Fsp3) is 0.500. The van der Waals surface area contributed by atoms with Crippen LogP contribution < -0.4 is 5.73 Å². The van der Waals surface area contributed by atoms with Crippen molar-refractivity contribution in [3.05, 3.63) is 45.0 Å². The van der Waals surface area contributed by atoms with E-state index in [1.54, 1.807) is 11.3 Å². The molecule has 1 aliphatic heterocycles. The predicted molar refractivity (Wildman–Crippen MR) is 91.0 cm³/mol. The van der Waals surface area contributed by atoms with Crippen LogP contribution >= 0.6 is 11.3 Å². The van der Waals surface area contributed by atoms with Gasteiger partial charge in [-0.15, -0.1) is 11.3 Å². The monoisotopic (exact) mass is 330 g/mol. The smallest absolute Gasteiger partial charge is 0.255 e. The summed E-state index contributed by atoms with van der Waals surface area (Å²) in [5.41, 5.74) is 8.49. The van der Waals surface area contributed by atoms with Crippen molar-refractivity contribution in [1.29, 1.82) is 0 Å². The molecule has 0 radical (unpaired) electrons. The molecule has 4 nitrogen and oxygen atoms in total. The summed E-state index contributed by atoms with van der Waals surface area (Å²) in [5, 5.41) is 2.05. The normalized spacial score (nSPS) is 24.0. The van der Waals surface area contributed by atoms with E-state index in [1.807, 2.05) is 29.3 Å². The van der Waals surface area contributed by atoms with Gasteiger partial charge in [0.25, 0.3) is 5.91 Å². The van der Waals surface area contributed by atoms with E-state index < -0.39 is 0 Å². The number of furan rings is 1. The average Bonchev–Trinajstić information content (AvgIpc) is 3.24. The van der Waals surface area contributed by atoms with Crippen LogP contribution in [0.5, 0.6) is 0 Å². The Bertz CT molecular complexity index is 733. The first-order chi connectivity index (χ1) is 11.1. The van der Waals surface area contributed by atoms with E-state index in [9.17, 15) is 4.79 Å². The summed E-state index contributed by atoms with van der Waals surface area (Å²) in [5.74, 6) is 2.04. The number of rotatable bonds is 2. The van der Waals surface area contributed by atoms with E-state index in [4.69, 9.17) is 10.2 Å². The van der Waals surface area contributed by atoms with Gasteiger partial charge in [-0.1, -0.05) is 0 Å². The summed E-state index contributed by atoms with van der Waals surface area (Å²) in [6.07, 6.45) is 4.61. The van der Waals surface area contributed by atoms with Gasteiger partial charge in [-0.05, 0) is 50.3 Å². The Morgan fingerprint density at radius 1 is 1.30 bits per heavy atom. The van der Waals surface area contributed by atoms with Crippen molar-refractivity contribution in [2.45, 2.75) is 44.6 Å². The molecule has 2 aromatic rings. The van der Waals surface area contributed by atoms with Gasteiger partial charge in [0.05, 0.1) is 11.5 Å². The highest BCUT2D eigenvalue weighted by Gasteiger charge is 2.37. The van der Waals surface area contributed by atoms with E-state index >= 15 is 0 Å². The Hall–Kier alpha value is -1.59. The van der Waals surface area contributed by atoms with Gasteiger partial charge in [-0.2, -0.15) is 0 Å². The lowest BCUT2D eigenvalue weighted by atomic mass is 9.95. The molecule has 2 atom stereocenters. The lowest BCUT2D eigenvalue weighted by Crippen LogP contribution is -2.32. The van der Waals surface area contributed by atoms with Crippen molar-refractivity contribution in [2.75, 3.05) is 13.1 Å². The van der Waals surface area contributed by atoms with Crippen LogP contribution in [0.1, 0.15) is 51.1 Å². The lowest BCUT2D eigenvalue weighted by Gasteiger charge is -2.18. The van der Waals surface area contributed by atoms with Crippen LogP contribution in [0.4, 0.5) is 0 Å². The summed E-state index contributed by atoms with van der Waals surface area (Å²) in [6.45, 7) is 3.19. The molecule has 1 fully saturated rings. The van der Waals surface area contributed by atoms with Crippen molar-refractivity contribution < 1.29 is 9.21 Å². The zero-order valence-corrected chi connectivity index (χ0v) is 14.2. The first kappa shape index (κ1) is 15.0. The molecule has 122 valence electrons. The Morgan fingerprint density at radius 3 is 2.91 bits per heavy atom. The van der Waals surface area contributed by atoms with E-state index in [0.717, 1.165) is 29.9 Å². The summed E-state index contributed by atoms with van der Waals surface area (Å²) in [6, 6.07) is 3.89. The van der Waals surface area contributed by atoms with Gasteiger partial charge in [0, 0.05) is 29.4 Å². The third kappa shape index (κ3) is 2.62. The summed E-state index contributed by atoms with van der Waals surface area (Å²) >= 11 is 1.74. The third-order valence-corrected chi connectivity index (χ3v) is 6.16. The maximum atomic E-state index is 13.0. The minimum Gasteiger partial charge on any atom is -0.466 e. The molecule has 3 heterocycles. The standard InChI is InChI=1S/C18H22N2O2S/c1-11-6-7-16(22-11)13-8-20(9-15(13)19)18(21)14-10-23-17-5-3-2-4-12(14)17/h6-7,10,13,15H,2-5,8-9,19H2,1H3. The van der Waals surface area contributed by atoms with Gasteiger partial charge < -0.3 is 15.1 Å². The molecule has 0 bridgehead atoms. The number of hydrogen-bond donors (Lipinski definition) is 1. The second-order valence-electron chi connectivity index (χ2n) is 6.69. The van der Waals surface area contributed by atoms with Crippen molar-refractivity contribution in [3.8, 4) is 0 Å². The van der Waals surface area contributed by atoms with Crippen LogP contribution in [-0.2, 0) is 12.8 Å². The van der Waals surface area contributed by atoms with E-state index in [0.29, 0.717) is 13.1 Å². The van der Waals surface area contributed by atoms with Crippen LogP contribution in [-0.4, -0.2) is 29.9 Å². The summed E-state index contributed by atoms with van der Waals surface area (Å²) in [4.78, 5) is 16.3. The number of hydrogen-bond acceptors (Lipinski definition) is 4. The number of amides is 1. The van der Waals surface area contributed by atoms with Crippen LogP contribution in [0.3, 0.4) is 0 Å². The topological polar surface area (TPSA) is 59.5 Å². The molecule has 2 unspecified atom stereocenters. The minimum absolute atomic E-state index is 0.0565. The highest BCUT2D eigenvalue weighted by atomic mass is 32.1. The number of nitrogens with two attached hydrogens (primary N) is 1. The van der Waals surface area contributed by atoms with Gasteiger partial charge >= 0.3 is 0 Å². The molecule has 23 heavy (non-hydrogen) atoms. The number of fused-ring (bicyclic) bond motifs is 1. The van der Waals surface area contributed by atoms with Crippen molar-refractivity contribution in [1.82, 2.24) is 4.90 Å². The summed E-state index contributed by atoms with van der Waals surface area (Å²) in [7, 11) is 0. The first-order valence-electron chi connectivity index (χ1n) is 8.34. The number of thiophene rings is 1. The largest absolute Gasteiger partial charge is 0.466 e. The Balaban J connectivity index is 1.55. The molecule has 5 heteroatoms. The van der Waals surface area contributed by atoms with Gasteiger partial charge in [-0.25, -0.2) is 0 Å². The second kappa shape index (κ2) is 5.80. The quantitative estimate of drug-likeness (QED) is 0.920. The number of nitrogens with zero attached hydrogens (tertiary/aromatic N) is 1. The number of aryl methyl sites for hydroxylation is 2. The SMILES string of the molecule is Cc1ccc(C2CN(C(=O)c3csc4c3CCCC4)CC2N)o1. The van der Waals surface area contributed by atoms with Crippen molar-refractivity contribution in [3.63, 3.8) is 0 Å². The predicted octanol–water partition coefficient (Wildman–Crippen LogP) is 3.10. The van der Waals surface area contributed by atoms with Gasteiger partial charge in [0.15, 0.2) is 0 Å². The molecule has 1 saturated heterocycles. The molecule has 2 aromatic heterocycles. The molecule has 1 aliphatic carbocycles. The summed E-state index contributed by atoms with van der Waals surface area (Å²) < 4.78 is 5.73. The zero-order valence-electron chi connectivity index (χ0n) is 13.4. The maximum absolute atomic E-state index is 13.0. The van der Waals surface area contributed by atoms with Crippen LogP contribution in [0.2, 0.25) is 0 Å². The Labute approximate surface area is 140 Å². The molecule has 2 aliphatic rings. The van der Waals surface area contributed by atoms with Crippen molar-refractivity contribution in [2.24, 2.45) is 5.73 Å². The van der Waals surface area contributed by atoms with Crippen LogP contribution in [0.15, 0.2) is 21.9 Å². The van der Waals surface area contributed by atoms with Crippen molar-refractivity contribution >= 4 is 17.2 Å². The maximum Gasteiger partial charge on any atom is 0.255 e. The van der Waals surface area contributed by atoms with E-state index in [2.05, 4.69) is 0 Å². The van der Waals surface area contributed by atoms with Crippen LogP contribution in [0, 0.1) is 6.92 Å². The minimum atomic E-state index is -0.0565. The molecular weight excluding hydrogens is 308 g/mol. The Morgan fingerprint density at radius 2 is 2.13 bits per heavy atom. The molecular formula is C18H22N2O2S. The highest BCUT2D eigenvalue weighted by Crippen LogP contribution is 2.33. The third-order valence-electron chi connectivity index (χ3n) is 5.07. The fourth-order valence-corrected chi connectivity index (χ4v) is 4.91. The lowest BCUT2D eigenvalue weighted by molar-refractivity contribution is 0.0788. The molecule has 0 saturated carbocycles. The Kier molecular flexibility index (Phi) is 3.77. The van der Waals surface area contributed by atoms with E-state index in [1.165, 1.54) is 23.3 Å². The molecule has 0 aromatic carbocycles. The van der Waals surface area contributed by atoms with Gasteiger partial charge in [0.2, 0.25) is 0 Å². The average molecular weight is 330 g/mol. The first-order valence-corrected chi connectivity index (χ1v) is 9.22. The number of carbonyl (C=O) groups is 1. The molecule has 1 amide bonds. The number of likely N-dealkylation sites (tertiary alicyclic amines) is 1. The fourth-order valence-electron chi connectivity index (χ4n) is 3.79. The molecule has 2 N–H and O–H groups in total. The number of carbonyl (C=O) groups excluding carboxylic acids is 1. The zero-order chi connectivity index (χ0) is 16.0. The molecule has 4 rings (SSSR count). The van der Waals surface area contributed by atoms with Gasteiger partial charge in [0.1, 0.15) is 11.5 Å². The van der Waals surface area contributed by atoms with Crippen LogP contribution in [0.25, 0.3) is 0 Å². The van der Waals surface area contributed by atoms with Gasteiger partial charge in [-0.3, -0.25) is 4.79 Å².